The Morgan fingerprint density at radius 2 is 0.388 bits per heavy atom. The van der Waals surface area contributed by atoms with Crippen LogP contribution in [-0.4, -0.2) is 73.9 Å². The van der Waals surface area contributed by atoms with Crippen molar-refractivity contribution in [2.45, 2.75) is 284 Å². The first-order valence-corrected chi connectivity index (χ1v) is 34.1. The quantitative estimate of drug-likeness (QED) is 0.0207. The van der Waals surface area contributed by atoms with Gasteiger partial charge in [-0.2, -0.15) is 43.2 Å². The minimum atomic E-state index is -5.84. The van der Waals surface area contributed by atoms with Gasteiger partial charge < -0.3 is 0 Å². The minimum Gasteiger partial charge on any atom is -0.279 e. The molecule has 0 saturated carbocycles. The topological polar surface area (TPSA) is 109 Å². The van der Waals surface area contributed by atoms with Crippen LogP contribution in [-0.2, 0) is 41.3 Å². The fourth-order valence-electron chi connectivity index (χ4n) is 7.68. The summed E-state index contributed by atoms with van der Waals surface area (Å²) < 4.78 is 115. The second-order valence-electron chi connectivity index (χ2n) is 18.4. The van der Waals surface area contributed by atoms with Gasteiger partial charge in [0, 0.05) is 36.9 Å². The zero-order valence-electron chi connectivity index (χ0n) is 43.6. The van der Waals surface area contributed by atoms with Crippen molar-refractivity contribution in [1.82, 2.24) is 0 Å². The van der Waals surface area contributed by atoms with Gasteiger partial charge in [-0.25, -0.2) is 0 Å². The van der Waals surface area contributed by atoms with Gasteiger partial charge in [-0.05, 0) is 77.0 Å². The molecule has 0 amide bonds. The smallest absolute Gasteiger partial charge is 0.279 e. The van der Waals surface area contributed by atoms with E-state index >= 15 is 0 Å². The second-order valence-corrected chi connectivity index (χ2v) is 27.3. The van der Waals surface area contributed by atoms with E-state index in [0.29, 0.717) is 0 Å². The van der Waals surface area contributed by atoms with E-state index in [2.05, 4.69) is 41.5 Å². The fraction of sp³-hybridized carbons (Fsp3) is 1.00. The van der Waals surface area contributed by atoms with Gasteiger partial charge in [-0.3, -0.25) is 9.11 Å². The third-order valence-electron chi connectivity index (χ3n) is 11.9. The number of rotatable bonds is 42. The maximum Gasteiger partial charge on any atom is 0.522 e. The largest absolute Gasteiger partial charge is 0.522 e. The molecule has 6 nitrogen and oxygen atoms in total. The molecule has 0 atom stereocenters. The van der Waals surface area contributed by atoms with Crippen molar-refractivity contribution in [3.05, 3.63) is 0 Å². The van der Waals surface area contributed by atoms with Gasteiger partial charge >= 0.3 is 31.3 Å². The molecule has 0 aromatic heterocycles. The van der Waals surface area contributed by atoms with Crippen molar-refractivity contribution in [1.29, 1.82) is 0 Å². The maximum absolute atomic E-state index is 10.7. The van der Waals surface area contributed by atoms with Gasteiger partial charge in [0.05, 0.1) is 37.0 Å². The summed E-state index contributed by atoms with van der Waals surface area (Å²) in [5, 5.41) is 0. The van der Waals surface area contributed by atoms with Gasteiger partial charge in [0.1, 0.15) is 0 Å². The monoisotopic (exact) mass is 1240 g/mol. The molecule has 0 heterocycles. The Hall–Kier alpha value is 0.948. The summed E-state index contributed by atoms with van der Waals surface area (Å²) in [6.45, 7) is 13.9. The van der Waals surface area contributed by atoms with Crippen molar-refractivity contribution in [3.63, 3.8) is 0 Å². The van der Waals surface area contributed by atoms with E-state index < -0.39 is 31.3 Å². The summed E-state index contributed by atoms with van der Waals surface area (Å²) in [5.41, 5.74) is -11.1. The fourth-order valence-corrected chi connectivity index (χ4v) is 13.7. The molecule has 67 heavy (non-hydrogen) atoms. The van der Waals surface area contributed by atoms with Crippen molar-refractivity contribution in [2.24, 2.45) is 0 Å². The van der Waals surface area contributed by atoms with Gasteiger partial charge in [-0.1, -0.05) is 196 Å². The second kappa shape index (κ2) is 54.7. The molecule has 0 aliphatic carbocycles. The molecule has 0 aliphatic heterocycles. The predicted molar refractivity (Wildman–Crippen MR) is 281 cm³/mol. The Kier molecular flexibility index (Phi) is 62.8. The van der Waals surface area contributed by atoms with Crippen molar-refractivity contribution < 1.29 is 73.3 Å². The minimum absolute atomic E-state index is 0. The molecule has 0 radical (unpaired) electrons. The van der Waals surface area contributed by atoms with E-state index in [9.17, 15) is 26.3 Å². The molecule has 0 fully saturated rings. The zero-order valence-corrected chi connectivity index (χ0v) is 49.5. The van der Waals surface area contributed by atoms with Crippen molar-refractivity contribution in [3.8, 4) is 0 Å². The van der Waals surface area contributed by atoms with E-state index in [-0.39, 0.29) is 36.9 Å². The molecule has 0 aromatic carbocycles. The van der Waals surface area contributed by atoms with E-state index in [1.54, 1.807) is 75.5 Å². The first kappa shape index (κ1) is 76.9. The molecule has 0 spiro atoms. The predicted octanol–water partition coefficient (Wildman–Crippen LogP) is 19.3. The number of hydrogen-bond donors (Lipinski definition) is 2. The van der Waals surface area contributed by atoms with Gasteiger partial charge in [0.25, 0.3) is 0 Å². The average Bonchev–Trinajstić information content (AvgIpc) is 3.24. The standard InChI is InChI=1S/2C24H51P.2CHF3O3S.Pt/c2*1-4-7-10-13-16-19-22-25(23-20-17-14-11-8-5-2)24-21-18-15-12-9-6-3;2*2-1(3,4)8(5,6)7;/h2*4-24H2,1-3H3;2*(H,5,6,7);/p+2. The molecule has 0 bridgehead atoms. The number of hydrogen-bond acceptors (Lipinski definition) is 4. The number of alkyl halides is 6. The van der Waals surface area contributed by atoms with Crippen LogP contribution in [0.3, 0.4) is 0 Å². The Morgan fingerprint density at radius 1 is 0.284 bits per heavy atom. The summed E-state index contributed by atoms with van der Waals surface area (Å²) >= 11 is 0. The first-order chi connectivity index (χ1) is 31.2. The van der Waals surface area contributed by atoms with Crippen LogP contribution in [0.1, 0.15) is 273 Å². The molecule has 2 N–H and O–H groups in total. The van der Waals surface area contributed by atoms with Crippen molar-refractivity contribution >= 4 is 36.1 Å². The van der Waals surface area contributed by atoms with E-state index in [1.165, 1.54) is 193 Å². The summed E-state index contributed by atoms with van der Waals surface area (Å²) in [6.07, 6.45) is 63.0. The van der Waals surface area contributed by atoms with E-state index in [0.717, 1.165) is 0 Å². The van der Waals surface area contributed by atoms with Crippen LogP contribution in [0.5, 0.6) is 0 Å². The van der Waals surface area contributed by atoms with Crippen LogP contribution in [0.2, 0.25) is 0 Å². The van der Waals surface area contributed by atoms with Gasteiger partial charge in [0.2, 0.25) is 0 Å². The van der Waals surface area contributed by atoms with Crippen LogP contribution in [0.25, 0.3) is 0 Å². The molecule has 0 rings (SSSR count). The van der Waals surface area contributed by atoms with E-state index in [4.69, 9.17) is 25.9 Å². The molecule has 414 valence electrons. The summed E-state index contributed by atoms with van der Waals surface area (Å²) in [6, 6.07) is 0. The third kappa shape index (κ3) is 63.0. The normalized spacial score (nSPS) is 11.9. The third-order valence-corrected chi connectivity index (χ3v) is 19.4. The summed E-state index contributed by atoms with van der Waals surface area (Å²) in [4.78, 5) is 0. The van der Waals surface area contributed by atoms with Crippen molar-refractivity contribution in [2.75, 3.05) is 37.0 Å². The van der Waals surface area contributed by atoms with Crippen LogP contribution in [0, 0.1) is 0 Å². The molecule has 0 unspecified atom stereocenters. The molecule has 0 saturated heterocycles. The molecule has 0 aromatic rings. The maximum atomic E-state index is 10.7. The Balaban J connectivity index is -0.000000285. The molecule has 17 heteroatoms. The average molecular weight is 1240 g/mol. The Labute approximate surface area is 427 Å². The Bertz CT molecular complexity index is 1020. The van der Waals surface area contributed by atoms with Crippen LogP contribution in [0.15, 0.2) is 0 Å². The Morgan fingerprint density at radius 3 is 0.493 bits per heavy atom. The van der Waals surface area contributed by atoms with Gasteiger partial charge in [-0.15, -0.1) is 0 Å². The SMILES string of the molecule is CCCCCCCC[PH+](CCCCCCCC)CCCCCCCC.CCCCCCCC[PH+](CCCCCCCC)CCCCCCCC.O=S(=O)(O)C(F)(F)F.O=S(=O)(O)C(F)(F)F.[Pt]. The summed E-state index contributed by atoms with van der Waals surface area (Å²) in [7, 11) is -11.7. The first-order valence-electron chi connectivity index (χ1n) is 26.9. The molecular formula is C50H106F6O6P2PtS2+2. The molecule has 0 aliphatic rings. The number of halogens is 6. The van der Waals surface area contributed by atoms with Gasteiger partial charge in [0.15, 0.2) is 0 Å². The molecular weight excluding hydrogens is 1130 g/mol. The summed E-state index contributed by atoms with van der Waals surface area (Å²) in [5.74, 6) is 0. The van der Waals surface area contributed by atoms with Crippen LogP contribution < -0.4 is 0 Å². The van der Waals surface area contributed by atoms with Crippen LogP contribution >= 0.6 is 15.8 Å². The zero-order chi connectivity index (χ0) is 50.9. The van der Waals surface area contributed by atoms with Crippen LogP contribution in [0.4, 0.5) is 26.3 Å². The van der Waals surface area contributed by atoms with E-state index in [1.807, 2.05) is 0 Å². The number of unbranched alkanes of at least 4 members (excludes halogenated alkanes) is 30.